The van der Waals surface area contributed by atoms with Crippen molar-refractivity contribution < 1.29 is 23.8 Å². The van der Waals surface area contributed by atoms with Crippen LogP contribution < -0.4 is 19.8 Å². The monoisotopic (exact) mass is 405 g/mol. The molecule has 1 heterocycles. The van der Waals surface area contributed by atoms with Crippen LogP contribution in [0.4, 0.5) is 5.69 Å². The molecule has 27 heavy (non-hydrogen) atoms. The molecule has 3 rings (SSSR count). The number of carbonyl (C=O) groups is 1. The summed E-state index contributed by atoms with van der Waals surface area (Å²) in [6.45, 7) is 0. The predicted octanol–water partition coefficient (Wildman–Crippen LogP) is 2.81. The second-order valence-corrected chi connectivity index (χ2v) is 6.92. The molecule has 1 amide bonds. The number of hydrogen-bond acceptors (Lipinski definition) is 6. The number of hydrogen-bond donors (Lipinski definition) is 1. The van der Waals surface area contributed by atoms with Gasteiger partial charge in [0.1, 0.15) is 5.75 Å². The predicted molar refractivity (Wildman–Crippen MR) is 99.5 cm³/mol. The first kappa shape index (κ1) is 19.1. The van der Waals surface area contributed by atoms with Crippen LogP contribution in [0.5, 0.6) is 11.7 Å². The first-order valence-electron chi connectivity index (χ1n) is 7.99. The van der Waals surface area contributed by atoms with Gasteiger partial charge in [-0.1, -0.05) is 41.6 Å². The number of nitrogens with one attached hydrogen (secondary N) is 1. The van der Waals surface area contributed by atoms with Gasteiger partial charge < -0.3 is 19.7 Å². The molecule has 0 atom stereocenters. The van der Waals surface area contributed by atoms with Crippen molar-refractivity contribution in [2.75, 3.05) is 18.2 Å². The highest BCUT2D eigenvalue weighted by molar-refractivity contribution is 7.99. The Kier molecular flexibility index (Phi) is 6.20. The third-order valence-electron chi connectivity index (χ3n) is 3.58. The zero-order chi connectivity index (χ0) is 19.2. The summed E-state index contributed by atoms with van der Waals surface area (Å²) in [5, 5.41) is 19.2. The highest BCUT2D eigenvalue weighted by atomic mass is 35.5. The van der Waals surface area contributed by atoms with Gasteiger partial charge in [0.25, 0.3) is 5.03 Å². The summed E-state index contributed by atoms with van der Waals surface area (Å²) in [7, 11) is 1.51. The number of thioether (sulfide) groups is 1. The Balaban J connectivity index is 1.62. The molecule has 2 aromatic carbocycles. The van der Waals surface area contributed by atoms with Crippen LogP contribution in [0.15, 0.2) is 58.1 Å². The largest absolute Gasteiger partial charge is 0.538 e. The summed E-state index contributed by atoms with van der Waals surface area (Å²) in [6, 6.07) is 14.1. The topological polar surface area (TPSA) is 91.3 Å². The zero-order valence-corrected chi connectivity index (χ0v) is 15.9. The average Bonchev–Trinajstić information content (AvgIpc) is 3.03. The maximum absolute atomic E-state index is 12.2. The molecule has 0 fully saturated rings. The van der Waals surface area contributed by atoms with Crippen LogP contribution in [0.25, 0.3) is 5.69 Å². The Morgan fingerprint density at radius 2 is 2.11 bits per heavy atom. The van der Waals surface area contributed by atoms with Gasteiger partial charge in [0.05, 0.1) is 18.1 Å². The number of anilines is 1. The number of benzene rings is 2. The fourth-order valence-electron chi connectivity index (χ4n) is 2.33. The van der Waals surface area contributed by atoms with Crippen LogP contribution in [0, 0.1) is 0 Å². The molecule has 9 heteroatoms. The van der Waals surface area contributed by atoms with Crippen LogP contribution >= 0.6 is 23.4 Å². The lowest BCUT2D eigenvalue weighted by atomic mass is 10.3. The van der Waals surface area contributed by atoms with Gasteiger partial charge in [-0.3, -0.25) is 4.79 Å². The van der Waals surface area contributed by atoms with Gasteiger partial charge >= 0.3 is 0 Å². The third-order valence-corrected chi connectivity index (χ3v) is 4.83. The van der Waals surface area contributed by atoms with Gasteiger partial charge in [-0.05, 0) is 22.9 Å². The smallest absolute Gasteiger partial charge is 0.297 e. The van der Waals surface area contributed by atoms with E-state index in [0.717, 1.165) is 0 Å². The van der Waals surface area contributed by atoms with E-state index in [0.29, 0.717) is 32.9 Å². The first-order chi connectivity index (χ1) is 13.1. The van der Waals surface area contributed by atoms with E-state index >= 15 is 0 Å². The first-order valence-corrected chi connectivity index (χ1v) is 9.35. The van der Waals surface area contributed by atoms with Gasteiger partial charge in [-0.15, -0.1) is 0 Å². The molecule has 0 bridgehead atoms. The van der Waals surface area contributed by atoms with Gasteiger partial charge in [0.2, 0.25) is 11.6 Å². The lowest BCUT2D eigenvalue weighted by Crippen LogP contribution is -2.34. The quantitative estimate of drug-likeness (QED) is 0.480. The molecule has 7 nitrogen and oxygen atoms in total. The fourth-order valence-corrected chi connectivity index (χ4v) is 3.39. The molecule has 1 aromatic heterocycles. The molecule has 3 aromatic rings. The molecule has 0 unspecified atom stereocenters. The van der Waals surface area contributed by atoms with E-state index in [9.17, 15) is 9.90 Å². The van der Waals surface area contributed by atoms with E-state index in [1.54, 1.807) is 18.2 Å². The molecular formula is C18H16ClN3O4S. The van der Waals surface area contributed by atoms with E-state index in [1.165, 1.54) is 23.6 Å². The van der Waals surface area contributed by atoms with Crippen LogP contribution in [0.2, 0.25) is 5.02 Å². The van der Waals surface area contributed by atoms with Crippen LogP contribution in [0.3, 0.4) is 0 Å². The van der Waals surface area contributed by atoms with Crippen molar-refractivity contribution in [3.8, 4) is 17.4 Å². The van der Waals surface area contributed by atoms with Gasteiger partial charge in [0, 0.05) is 29.3 Å². The molecule has 140 valence electrons. The number of carbonyl (C=O) groups excluding carboxylic acids is 1. The van der Waals surface area contributed by atoms with Crippen molar-refractivity contribution in [3.05, 3.63) is 53.6 Å². The van der Waals surface area contributed by atoms with Crippen molar-refractivity contribution >= 4 is 35.0 Å². The standard InChI is InChI=1S/C18H16ClN3O4S/c1-25-15-8-7-12(19)11-14(15)20-16(23)9-10-27-17-18(24)26-21-22(17)13-5-3-2-4-6-13/h2-8,11H,9-10H2,1H3,(H-,20,21,23,24). The van der Waals surface area contributed by atoms with E-state index in [2.05, 4.69) is 10.6 Å². The van der Waals surface area contributed by atoms with Crippen LogP contribution in [-0.2, 0) is 4.79 Å². The lowest BCUT2D eigenvalue weighted by molar-refractivity contribution is -0.705. The summed E-state index contributed by atoms with van der Waals surface area (Å²) in [5.74, 6) is 0.125. The van der Waals surface area contributed by atoms with Gasteiger partial charge in [-0.25, -0.2) is 0 Å². The molecule has 0 radical (unpaired) electrons. The second-order valence-electron chi connectivity index (χ2n) is 5.40. The van der Waals surface area contributed by atoms with Crippen LogP contribution in [-0.4, -0.2) is 24.0 Å². The summed E-state index contributed by atoms with van der Waals surface area (Å²) < 4.78 is 11.4. The maximum Gasteiger partial charge on any atom is 0.297 e. The van der Waals surface area contributed by atoms with Crippen LogP contribution in [0.1, 0.15) is 6.42 Å². The molecule has 0 saturated carbocycles. The number of para-hydroxylation sites is 1. The Bertz CT molecular complexity index is 934. The minimum atomic E-state index is -0.541. The Morgan fingerprint density at radius 3 is 2.85 bits per heavy atom. The Hall–Kier alpha value is -2.71. The van der Waals surface area contributed by atoms with E-state index < -0.39 is 5.95 Å². The Morgan fingerprint density at radius 1 is 1.33 bits per heavy atom. The molecule has 0 spiro atoms. The molecule has 1 N–H and O–H groups in total. The minimum absolute atomic E-state index is 0.180. The summed E-state index contributed by atoms with van der Waals surface area (Å²) in [4.78, 5) is 12.2. The summed E-state index contributed by atoms with van der Waals surface area (Å²) >= 11 is 7.16. The average molecular weight is 406 g/mol. The third kappa shape index (κ3) is 4.72. The number of aromatic nitrogens is 2. The van der Waals surface area contributed by atoms with Crippen molar-refractivity contribution in [2.24, 2.45) is 0 Å². The van der Waals surface area contributed by atoms with E-state index in [1.807, 2.05) is 30.3 Å². The van der Waals surface area contributed by atoms with Crippen molar-refractivity contribution in [2.45, 2.75) is 11.4 Å². The summed E-state index contributed by atoms with van der Waals surface area (Å²) in [6.07, 6.45) is 0.180. The number of ether oxygens (including phenoxy) is 1. The molecular weight excluding hydrogens is 390 g/mol. The van der Waals surface area contributed by atoms with Crippen molar-refractivity contribution in [1.82, 2.24) is 5.27 Å². The lowest BCUT2D eigenvalue weighted by Gasteiger charge is -2.10. The highest BCUT2D eigenvalue weighted by Gasteiger charge is 2.21. The number of halogens is 1. The number of methoxy groups -OCH3 is 1. The van der Waals surface area contributed by atoms with Crippen molar-refractivity contribution in [3.63, 3.8) is 0 Å². The van der Waals surface area contributed by atoms with Gasteiger partial charge in [0.15, 0.2) is 5.95 Å². The summed E-state index contributed by atoms with van der Waals surface area (Å²) in [5.41, 5.74) is 1.20. The fraction of sp³-hybridized carbons (Fsp3) is 0.167. The molecule has 0 aliphatic heterocycles. The number of nitrogens with zero attached hydrogens (tertiary/aromatic N) is 2. The Labute approximate surface area is 164 Å². The van der Waals surface area contributed by atoms with Gasteiger partial charge in [-0.2, -0.15) is 0 Å². The molecule has 0 aliphatic carbocycles. The minimum Gasteiger partial charge on any atom is -0.538 e. The second kappa shape index (κ2) is 8.79. The van der Waals surface area contributed by atoms with E-state index in [-0.39, 0.29) is 12.3 Å². The van der Waals surface area contributed by atoms with E-state index in [4.69, 9.17) is 20.9 Å². The SMILES string of the molecule is COc1ccc(Cl)cc1NC(=O)CCSc1c([O-])on[n+]1-c1ccccc1. The normalized spacial score (nSPS) is 10.6. The maximum atomic E-state index is 12.2. The molecule has 0 saturated heterocycles. The number of amides is 1. The highest BCUT2D eigenvalue weighted by Crippen LogP contribution is 2.28. The molecule has 0 aliphatic rings. The number of rotatable bonds is 7. The zero-order valence-electron chi connectivity index (χ0n) is 14.3. The van der Waals surface area contributed by atoms with Crippen molar-refractivity contribution in [1.29, 1.82) is 0 Å².